The summed E-state index contributed by atoms with van der Waals surface area (Å²) in [6, 6.07) is 6.42. The number of hydrogen-bond donors (Lipinski definition) is 1. The molecular formula is C18H21NO2. The van der Waals surface area contributed by atoms with Gasteiger partial charge in [0.1, 0.15) is 0 Å². The third-order valence-electron chi connectivity index (χ3n) is 4.39. The second kappa shape index (κ2) is 5.06. The summed E-state index contributed by atoms with van der Waals surface area (Å²) in [7, 11) is 0. The minimum Gasteiger partial charge on any atom is -0.478 e. The molecule has 3 nitrogen and oxygen atoms in total. The van der Waals surface area contributed by atoms with Crippen LogP contribution in [0.3, 0.4) is 0 Å². The number of rotatable bonds is 2. The van der Waals surface area contributed by atoms with Crippen LogP contribution in [-0.2, 0) is 12.8 Å². The molecule has 3 rings (SSSR count). The Bertz CT molecular complexity index is 705. The van der Waals surface area contributed by atoms with Crippen LogP contribution in [0.25, 0.3) is 5.69 Å². The van der Waals surface area contributed by atoms with E-state index >= 15 is 0 Å². The molecule has 1 aromatic carbocycles. The highest BCUT2D eigenvalue weighted by Gasteiger charge is 2.26. The Labute approximate surface area is 125 Å². The first-order valence-electron chi connectivity index (χ1n) is 7.54. The van der Waals surface area contributed by atoms with Crippen molar-refractivity contribution in [3.8, 4) is 5.69 Å². The number of hydrogen-bond acceptors (Lipinski definition) is 1. The fraction of sp³-hybridized carbons (Fsp3) is 0.389. The third kappa shape index (κ3) is 2.27. The lowest BCUT2D eigenvalue weighted by molar-refractivity contribution is 0.0695. The maximum absolute atomic E-state index is 11.7. The number of nitrogens with zero attached hydrogens (tertiary/aromatic N) is 1. The van der Waals surface area contributed by atoms with E-state index in [2.05, 4.69) is 36.6 Å². The Morgan fingerprint density at radius 2 is 1.67 bits per heavy atom. The highest BCUT2D eigenvalue weighted by atomic mass is 16.4. The summed E-state index contributed by atoms with van der Waals surface area (Å²) in [5.41, 5.74) is 7.13. The Morgan fingerprint density at radius 3 is 2.29 bits per heavy atom. The van der Waals surface area contributed by atoms with Crippen molar-refractivity contribution >= 4 is 5.97 Å². The van der Waals surface area contributed by atoms with E-state index in [1.54, 1.807) is 0 Å². The van der Waals surface area contributed by atoms with Gasteiger partial charge in [-0.05, 0) is 75.3 Å². The zero-order valence-electron chi connectivity index (χ0n) is 12.9. The van der Waals surface area contributed by atoms with Gasteiger partial charge in [0.25, 0.3) is 0 Å². The van der Waals surface area contributed by atoms with Gasteiger partial charge in [0, 0.05) is 17.1 Å². The molecule has 1 aliphatic rings. The fourth-order valence-electron chi connectivity index (χ4n) is 3.65. The van der Waals surface area contributed by atoms with E-state index in [1.165, 1.54) is 16.8 Å². The van der Waals surface area contributed by atoms with Gasteiger partial charge in [-0.1, -0.05) is 6.07 Å². The number of aromatic carboxylic acids is 1. The molecule has 0 atom stereocenters. The largest absolute Gasteiger partial charge is 0.478 e. The van der Waals surface area contributed by atoms with Gasteiger partial charge in [0.15, 0.2) is 0 Å². The molecule has 1 aromatic heterocycles. The van der Waals surface area contributed by atoms with E-state index in [4.69, 9.17) is 0 Å². The average Bonchev–Trinajstić information content (AvgIpc) is 2.69. The first-order chi connectivity index (χ1) is 9.99. The summed E-state index contributed by atoms with van der Waals surface area (Å²) >= 11 is 0. The van der Waals surface area contributed by atoms with Crippen LogP contribution in [0, 0.1) is 20.8 Å². The zero-order valence-corrected chi connectivity index (χ0v) is 12.9. The second-order valence-corrected chi connectivity index (χ2v) is 6.08. The van der Waals surface area contributed by atoms with Gasteiger partial charge in [-0.3, -0.25) is 0 Å². The Balaban J connectivity index is 2.29. The molecule has 21 heavy (non-hydrogen) atoms. The Hall–Kier alpha value is -2.03. The molecule has 110 valence electrons. The summed E-state index contributed by atoms with van der Waals surface area (Å²) in [5.74, 6) is -0.797. The van der Waals surface area contributed by atoms with Gasteiger partial charge in [-0.2, -0.15) is 0 Å². The minimum absolute atomic E-state index is 0.517. The van der Waals surface area contributed by atoms with Crippen LogP contribution in [-0.4, -0.2) is 15.6 Å². The standard InChI is InChI=1S/C18H21NO2/c1-11-8-12(2)10-14(9-11)19-13(3)17(18(20)21)15-6-4-5-7-16(15)19/h8-10H,4-7H2,1-3H3,(H,20,21). The highest BCUT2D eigenvalue weighted by molar-refractivity contribution is 5.92. The average molecular weight is 283 g/mol. The van der Waals surface area contributed by atoms with Crippen LogP contribution in [0.15, 0.2) is 18.2 Å². The van der Waals surface area contributed by atoms with Crippen LogP contribution in [0.2, 0.25) is 0 Å². The molecule has 3 heteroatoms. The quantitative estimate of drug-likeness (QED) is 0.905. The molecule has 0 aliphatic heterocycles. The molecule has 1 N–H and O–H groups in total. The van der Waals surface area contributed by atoms with Gasteiger partial charge < -0.3 is 9.67 Å². The maximum Gasteiger partial charge on any atom is 0.337 e. The molecule has 0 fully saturated rings. The first kappa shape index (κ1) is 13.9. The van der Waals surface area contributed by atoms with Crippen molar-refractivity contribution in [2.45, 2.75) is 46.5 Å². The lowest BCUT2D eigenvalue weighted by atomic mass is 9.94. The lowest BCUT2D eigenvalue weighted by Gasteiger charge is -2.17. The SMILES string of the molecule is Cc1cc(C)cc(-n2c(C)c(C(=O)O)c3c2CCCC3)c1. The molecule has 0 spiro atoms. The van der Waals surface area contributed by atoms with Crippen LogP contribution in [0.1, 0.15) is 51.3 Å². The molecule has 1 aliphatic carbocycles. The number of carbonyl (C=O) groups is 1. The van der Waals surface area contributed by atoms with Crippen LogP contribution in [0.5, 0.6) is 0 Å². The number of carboxylic acids is 1. The molecule has 0 radical (unpaired) electrons. The number of carboxylic acid groups (broad SMARTS) is 1. The van der Waals surface area contributed by atoms with Gasteiger partial charge in [0.2, 0.25) is 0 Å². The van der Waals surface area contributed by atoms with E-state index in [9.17, 15) is 9.90 Å². The molecule has 0 amide bonds. The van der Waals surface area contributed by atoms with Gasteiger partial charge in [-0.25, -0.2) is 4.79 Å². The maximum atomic E-state index is 11.7. The Kier molecular flexibility index (Phi) is 3.36. The molecule has 0 saturated carbocycles. The van der Waals surface area contributed by atoms with Gasteiger partial charge in [-0.15, -0.1) is 0 Å². The van der Waals surface area contributed by atoms with E-state index in [0.717, 1.165) is 42.6 Å². The molecule has 1 heterocycles. The fourth-order valence-corrected chi connectivity index (χ4v) is 3.65. The van der Waals surface area contributed by atoms with Crippen molar-refractivity contribution < 1.29 is 9.90 Å². The summed E-state index contributed by atoms with van der Waals surface area (Å²) in [4.78, 5) is 11.7. The normalized spacial score (nSPS) is 14.0. The van der Waals surface area contributed by atoms with Crippen molar-refractivity contribution in [2.24, 2.45) is 0 Å². The molecule has 2 aromatic rings. The third-order valence-corrected chi connectivity index (χ3v) is 4.39. The lowest BCUT2D eigenvalue weighted by Crippen LogP contribution is -2.08. The minimum atomic E-state index is -0.797. The number of aromatic nitrogens is 1. The predicted molar refractivity (Wildman–Crippen MR) is 83.6 cm³/mol. The van der Waals surface area contributed by atoms with Gasteiger partial charge >= 0.3 is 5.97 Å². The molecular weight excluding hydrogens is 262 g/mol. The van der Waals surface area contributed by atoms with E-state index in [1.807, 2.05) is 6.92 Å². The van der Waals surface area contributed by atoms with E-state index < -0.39 is 5.97 Å². The highest BCUT2D eigenvalue weighted by Crippen LogP contribution is 2.32. The van der Waals surface area contributed by atoms with E-state index in [0.29, 0.717) is 5.56 Å². The first-order valence-corrected chi connectivity index (χ1v) is 7.54. The molecule has 0 saturated heterocycles. The van der Waals surface area contributed by atoms with Crippen molar-refractivity contribution in [1.29, 1.82) is 0 Å². The second-order valence-electron chi connectivity index (χ2n) is 6.08. The smallest absolute Gasteiger partial charge is 0.337 e. The van der Waals surface area contributed by atoms with Crippen molar-refractivity contribution in [3.63, 3.8) is 0 Å². The van der Waals surface area contributed by atoms with E-state index in [-0.39, 0.29) is 0 Å². The van der Waals surface area contributed by atoms with Crippen LogP contribution >= 0.6 is 0 Å². The Morgan fingerprint density at radius 1 is 1.05 bits per heavy atom. The monoisotopic (exact) mass is 283 g/mol. The topological polar surface area (TPSA) is 42.2 Å². The van der Waals surface area contributed by atoms with Crippen LogP contribution in [0.4, 0.5) is 0 Å². The van der Waals surface area contributed by atoms with Crippen molar-refractivity contribution in [2.75, 3.05) is 0 Å². The summed E-state index contributed by atoms with van der Waals surface area (Å²) in [5, 5.41) is 9.58. The summed E-state index contributed by atoms with van der Waals surface area (Å²) in [6.07, 6.45) is 4.08. The summed E-state index contributed by atoms with van der Waals surface area (Å²) in [6.45, 7) is 6.10. The van der Waals surface area contributed by atoms with Gasteiger partial charge in [0.05, 0.1) is 5.56 Å². The van der Waals surface area contributed by atoms with Crippen molar-refractivity contribution in [3.05, 3.63) is 51.8 Å². The van der Waals surface area contributed by atoms with Crippen LogP contribution < -0.4 is 0 Å². The molecule has 0 bridgehead atoms. The molecule has 0 unspecified atom stereocenters. The predicted octanol–water partition coefficient (Wildman–Crippen LogP) is 3.98. The zero-order chi connectivity index (χ0) is 15.1. The number of benzene rings is 1. The number of aryl methyl sites for hydroxylation is 2. The number of fused-ring (bicyclic) bond motifs is 1. The summed E-state index contributed by atoms with van der Waals surface area (Å²) < 4.78 is 2.16. The van der Waals surface area contributed by atoms with Crippen molar-refractivity contribution in [1.82, 2.24) is 4.57 Å².